The third-order valence-corrected chi connectivity index (χ3v) is 2.54. The van der Waals surface area contributed by atoms with Crippen LogP contribution in [0.3, 0.4) is 0 Å². The van der Waals surface area contributed by atoms with E-state index in [4.69, 9.17) is 5.26 Å². The maximum Gasteiger partial charge on any atom is 0.142 e. The molecular formula is C10H16N4. The molecule has 0 bridgehead atoms. The maximum absolute atomic E-state index is 9.03. The van der Waals surface area contributed by atoms with Crippen LogP contribution in [-0.4, -0.2) is 28.5 Å². The van der Waals surface area contributed by atoms with Crippen LogP contribution in [0, 0.1) is 25.2 Å². The molecule has 1 heterocycles. The van der Waals surface area contributed by atoms with Gasteiger partial charge in [0.05, 0.1) is 11.8 Å². The van der Waals surface area contributed by atoms with Gasteiger partial charge in [-0.05, 0) is 27.9 Å². The average molecular weight is 192 g/mol. The number of nitrogens with zero attached hydrogens (tertiary/aromatic N) is 4. The van der Waals surface area contributed by atoms with Crippen LogP contribution in [0.15, 0.2) is 0 Å². The largest absolute Gasteiger partial charge is 0.335 e. The highest BCUT2D eigenvalue weighted by atomic mass is 15.1. The van der Waals surface area contributed by atoms with Crippen LogP contribution in [0.5, 0.6) is 0 Å². The number of hydrogen-bond acceptors (Lipinski definition) is 3. The monoisotopic (exact) mass is 192 g/mol. The molecule has 0 fully saturated rings. The second-order valence-electron chi connectivity index (χ2n) is 3.68. The lowest BCUT2D eigenvalue weighted by atomic mass is 10.2. The summed E-state index contributed by atoms with van der Waals surface area (Å²) in [7, 11) is 5.74. The van der Waals surface area contributed by atoms with Gasteiger partial charge in [-0.3, -0.25) is 4.90 Å². The Morgan fingerprint density at radius 1 is 1.43 bits per heavy atom. The first-order chi connectivity index (χ1) is 6.49. The molecule has 0 saturated heterocycles. The van der Waals surface area contributed by atoms with Crippen molar-refractivity contribution in [3.05, 3.63) is 17.2 Å². The van der Waals surface area contributed by atoms with Crippen molar-refractivity contribution < 1.29 is 0 Å². The zero-order chi connectivity index (χ0) is 10.9. The fourth-order valence-electron chi connectivity index (χ4n) is 1.42. The summed E-state index contributed by atoms with van der Waals surface area (Å²) in [5.74, 6) is 0.944. The normalized spacial score (nSPS) is 12.9. The molecule has 0 saturated carbocycles. The summed E-state index contributed by atoms with van der Waals surface area (Å²) in [6, 6.07) is 1.99. The highest BCUT2D eigenvalue weighted by Crippen LogP contribution is 2.20. The molecule has 0 N–H and O–H groups in total. The van der Waals surface area contributed by atoms with Crippen molar-refractivity contribution in [1.82, 2.24) is 14.5 Å². The van der Waals surface area contributed by atoms with Crippen LogP contribution in [0.25, 0.3) is 0 Å². The molecule has 76 valence electrons. The van der Waals surface area contributed by atoms with Crippen LogP contribution in [0.4, 0.5) is 0 Å². The summed E-state index contributed by atoms with van der Waals surface area (Å²) in [6.45, 7) is 3.93. The number of hydrogen-bond donors (Lipinski definition) is 0. The Morgan fingerprint density at radius 2 is 2.00 bits per heavy atom. The molecule has 1 aromatic heterocycles. The second kappa shape index (κ2) is 3.81. The smallest absolute Gasteiger partial charge is 0.142 e. The molecule has 0 amide bonds. The second-order valence-corrected chi connectivity index (χ2v) is 3.68. The Balaban J connectivity index is 3.19. The van der Waals surface area contributed by atoms with E-state index in [0.717, 1.165) is 17.2 Å². The van der Waals surface area contributed by atoms with Gasteiger partial charge in [0.15, 0.2) is 0 Å². The van der Waals surface area contributed by atoms with Gasteiger partial charge in [0.1, 0.15) is 11.9 Å². The van der Waals surface area contributed by atoms with E-state index >= 15 is 0 Å². The molecule has 1 atom stereocenters. The van der Waals surface area contributed by atoms with Gasteiger partial charge < -0.3 is 4.57 Å². The van der Waals surface area contributed by atoms with E-state index in [1.165, 1.54) is 0 Å². The predicted octanol–water partition coefficient (Wildman–Crippen LogP) is 1.16. The molecule has 0 aliphatic heterocycles. The Morgan fingerprint density at radius 3 is 2.29 bits per heavy atom. The SMILES string of the molecule is Cc1nc(C(C#N)N(C)C)c(C)n1C. The van der Waals surface area contributed by atoms with Crippen LogP contribution < -0.4 is 0 Å². The van der Waals surface area contributed by atoms with E-state index in [1.807, 2.05) is 44.5 Å². The lowest BCUT2D eigenvalue weighted by Crippen LogP contribution is -2.19. The molecule has 4 nitrogen and oxygen atoms in total. The first kappa shape index (κ1) is 10.7. The average Bonchev–Trinajstić information content (AvgIpc) is 2.35. The van der Waals surface area contributed by atoms with E-state index < -0.39 is 0 Å². The molecule has 0 aliphatic carbocycles. The number of rotatable bonds is 2. The molecule has 1 rings (SSSR count). The lowest BCUT2D eigenvalue weighted by molar-refractivity contribution is 0.351. The quantitative estimate of drug-likeness (QED) is 0.706. The highest BCUT2D eigenvalue weighted by Gasteiger charge is 2.20. The van der Waals surface area contributed by atoms with E-state index in [0.29, 0.717) is 0 Å². The minimum atomic E-state index is -0.255. The van der Waals surface area contributed by atoms with Crippen LogP contribution in [0.2, 0.25) is 0 Å². The Kier molecular flexibility index (Phi) is 2.92. The maximum atomic E-state index is 9.03. The van der Waals surface area contributed by atoms with Crippen molar-refractivity contribution in [2.75, 3.05) is 14.1 Å². The molecule has 1 aromatic rings. The van der Waals surface area contributed by atoms with Crippen LogP contribution >= 0.6 is 0 Å². The van der Waals surface area contributed by atoms with Gasteiger partial charge in [0.2, 0.25) is 0 Å². The summed E-state index contributed by atoms with van der Waals surface area (Å²) in [5, 5.41) is 9.03. The minimum absolute atomic E-state index is 0.255. The minimum Gasteiger partial charge on any atom is -0.335 e. The van der Waals surface area contributed by atoms with Crippen molar-refractivity contribution in [3.8, 4) is 6.07 Å². The number of nitriles is 1. The van der Waals surface area contributed by atoms with Crippen molar-refractivity contribution in [2.45, 2.75) is 19.9 Å². The Hall–Kier alpha value is -1.34. The molecule has 4 heteroatoms. The summed E-state index contributed by atoms with van der Waals surface area (Å²) in [5.41, 5.74) is 1.92. The lowest BCUT2D eigenvalue weighted by Gasteiger charge is -2.15. The summed E-state index contributed by atoms with van der Waals surface area (Å²) >= 11 is 0. The van der Waals surface area contributed by atoms with Crippen LogP contribution in [-0.2, 0) is 7.05 Å². The first-order valence-electron chi connectivity index (χ1n) is 4.55. The molecule has 1 unspecified atom stereocenters. The zero-order valence-corrected chi connectivity index (χ0v) is 9.37. The standard InChI is InChI=1S/C10H16N4/c1-7-10(9(6-11)13(3)4)12-8(2)14(7)5/h9H,1-5H3. The van der Waals surface area contributed by atoms with Gasteiger partial charge in [0.25, 0.3) is 0 Å². The third kappa shape index (κ3) is 1.64. The molecule has 0 radical (unpaired) electrons. The van der Waals surface area contributed by atoms with Crippen molar-refractivity contribution >= 4 is 0 Å². The van der Waals surface area contributed by atoms with Crippen molar-refractivity contribution in [3.63, 3.8) is 0 Å². The summed E-state index contributed by atoms with van der Waals surface area (Å²) in [6.07, 6.45) is 0. The van der Waals surface area contributed by atoms with Gasteiger partial charge in [-0.2, -0.15) is 5.26 Å². The topological polar surface area (TPSA) is 44.9 Å². The molecule has 14 heavy (non-hydrogen) atoms. The van der Waals surface area contributed by atoms with Gasteiger partial charge in [-0.25, -0.2) is 4.98 Å². The fourth-order valence-corrected chi connectivity index (χ4v) is 1.42. The molecule has 0 aliphatic rings. The first-order valence-corrected chi connectivity index (χ1v) is 4.55. The number of aryl methyl sites for hydroxylation is 1. The number of imidazole rings is 1. The Labute approximate surface area is 84.8 Å². The van der Waals surface area contributed by atoms with E-state index in [9.17, 15) is 0 Å². The highest BCUT2D eigenvalue weighted by molar-refractivity contribution is 5.23. The van der Waals surface area contributed by atoms with Crippen LogP contribution in [0.1, 0.15) is 23.3 Å². The fraction of sp³-hybridized carbons (Fsp3) is 0.600. The van der Waals surface area contributed by atoms with Gasteiger partial charge in [-0.15, -0.1) is 0 Å². The van der Waals surface area contributed by atoms with Gasteiger partial charge in [0, 0.05) is 12.7 Å². The number of aromatic nitrogens is 2. The van der Waals surface area contributed by atoms with Gasteiger partial charge in [-0.1, -0.05) is 0 Å². The predicted molar refractivity (Wildman–Crippen MR) is 54.7 cm³/mol. The Bertz CT molecular complexity index is 370. The molecule has 0 aromatic carbocycles. The van der Waals surface area contributed by atoms with Crippen molar-refractivity contribution in [2.24, 2.45) is 7.05 Å². The van der Waals surface area contributed by atoms with Gasteiger partial charge >= 0.3 is 0 Å². The van der Waals surface area contributed by atoms with E-state index in [2.05, 4.69) is 11.1 Å². The van der Waals surface area contributed by atoms with Crippen molar-refractivity contribution in [1.29, 1.82) is 5.26 Å². The summed E-state index contributed by atoms with van der Waals surface area (Å²) < 4.78 is 2.00. The zero-order valence-electron chi connectivity index (χ0n) is 9.37. The van der Waals surface area contributed by atoms with E-state index in [1.54, 1.807) is 0 Å². The molecule has 0 spiro atoms. The van der Waals surface area contributed by atoms with E-state index in [-0.39, 0.29) is 6.04 Å². The summed E-state index contributed by atoms with van der Waals surface area (Å²) in [4.78, 5) is 6.27. The molecular weight excluding hydrogens is 176 g/mol. The third-order valence-electron chi connectivity index (χ3n) is 2.54.